The van der Waals surface area contributed by atoms with Gasteiger partial charge >= 0.3 is 5.97 Å². The van der Waals surface area contributed by atoms with Crippen molar-refractivity contribution < 1.29 is 14.6 Å². The number of aromatic nitrogens is 2. The van der Waals surface area contributed by atoms with Gasteiger partial charge in [-0.15, -0.1) is 0 Å². The van der Waals surface area contributed by atoms with E-state index >= 15 is 0 Å². The first-order chi connectivity index (χ1) is 9.40. The summed E-state index contributed by atoms with van der Waals surface area (Å²) in [7, 11) is 1.90. The van der Waals surface area contributed by atoms with E-state index in [0.717, 1.165) is 5.82 Å². The Bertz CT molecular complexity index is 617. The Balaban J connectivity index is 2.30. The molecule has 0 fully saturated rings. The maximum Gasteiger partial charge on any atom is 0.307 e. The fourth-order valence-electron chi connectivity index (χ4n) is 2.18. The first-order valence-electron chi connectivity index (χ1n) is 6.36. The number of aryl methyl sites for hydroxylation is 1. The van der Waals surface area contributed by atoms with Crippen LogP contribution in [0, 0.1) is 0 Å². The molecule has 0 saturated carbocycles. The van der Waals surface area contributed by atoms with Crippen LogP contribution in [-0.2, 0) is 23.9 Å². The number of hydrogen-bond donors (Lipinski definition) is 1. The summed E-state index contributed by atoms with van der Waals surface area (Å²) in [5.74, 6) is 0.473. The number of rotatable bonds is 5. The molecule has 5 nitrogen and oxygen atoms in total. The maximum absolute atomic E-state index is 10.9. The van der Waals surface area contributed by atoms with E-state index in [1.54, 1.807) is 24.4 Å². The molecule has 0 amide bonds. The molecule has 0 saturated heterocycles. The quantitative estimate of drug-likeness (QED) is 0.909. The van der Waals surface area contributed by atoms with Crippen LogP contribution in [0.3, 0.4) is 0 Å². The highest BCUT2D eigenvalue weighted by Gasteiger charge is 2.28. The molecule has 0 aliphatic carbocycles. The third kappa shape index (κ3) is 2.99. The molecule has 0 aliphatic rings. The minimum Gasteiger partial charge on any atom is -0.481 e. The average Bonchev–Trinajstić information content (AvgIpc) is 2.78. The SMILES string of the molecule is Cn1ccnc1C(C)(C)Oc1ccccc1CC(=O)O. The minimum atomic E-state index is -0.879. The second kappa shape index (κ2) is 5.36. The van der Waals surface area contributed by atoms with Gasteiger partial charge in [0.25, 0.3) is 0 Å². The van der Waals surface area contributed by atoms with Gasteiger partial charge in [0.15, 0.2) is 11.4 Å². The summed E-state index contributed by atoms with van der Waals surface area (Å²) in [6, 6.07) is 7.18. The van der Waals surface area contributed by atoms with Crippen molar-refractivity contribution in [2.24, 2.45) is 7.05 Å². The van der Waals surface area contributed by atoms with E-state index < -0.39 is 11.6 Å². The Hall–Kier alpha value is -2.30. The van der Waals surface area contributed by atoms with Crippen molar-refractivity contribution in [2.75, 3.05) is 0 Å². The summed E-state index contributed by atoms with van der Waals surface area (Å²) in [4.78, 5) is 15.2. The second-order valence-electron chi connectivity index (χ2n) is 5.15. The number of nitrogens with zero attached hydrogens (tertiary/aromatic N) is 2. The Kier molecular flexibility index (Phi) is 3.79. The molecule has 2 rings (SSSR count). The van der Waals surface area contributed by atoms with Crippen LogP contribution >= 0.6 is 0 Å². The molecule has 0 atom stereocenters. The zero-order valence-corrected chi connectivity index (χ0v) is 11.8. The Morgan fingerprint density at radius 1 is 1.40 bits per heavy atom. The molecule has 0 radical (unpaired) electrons. The molecular formula is C15H18N2O3. The predicted molar refractivity (Wildman–Crippen MR) is 74.6 cm³/mol. The summed E-state index contributed by atoms with van der Waals surface area (Å²) >= 11 is 0. The molecule has 20 heavy (non-hydrogen) atoms. The second-order valence-corrected chi connectivity index (χ2v) is 5.15. The third-order valence-corrected chi connectivity index (χ3v) is 3.04. The highest BCUT2D eigenvalue weighted by atomic mass is 16.5. The Labute approximate surface area is 117 Å². The van der Waals surface area contributed by atoms with Crippen LogP contribution in [0.4, 0.5) is 0 Å². The van der Waals surface area contributed by atoms with Crippen molar-refractivity contribution in [1.29, 1.82) is 0 Å². The highest BCUT2D eigenvalue weighted by Crippen LogP contribution is 2.29. The Morgan fingerprint density at radius 2 is 2.10 bits per heavy atom. The molecule has 106 valence electrons. The van der Waals surface area contributed by atoms with Gasteiger partial charge in [-0.3, -0.25) is 4.79 Å². The lowest BCUT2D eigenvalue weighted by molar-refractivity contribution is -0.136. The number of para-hydroxylation sites is 1. The zero-order chi connectivity index (χ0) is 14.8. The van der Waals surface area contributed by atoms with Crippen LogP contribution in [0.2, 0.25) is 0 Å². The molecule has 1 aromatic heterocycles. The van der Waals surface area contributed by atoms with E-state index in [1.165, 1.54) is 0 Å². The summed E-state index contributed by atoms with van der Waals surface area (Å²) in [5, 5.41) is 8.95. The van der Waals surface area contributed by atoms with Crippen LogP contribution in [0.1, 0.15) is 25.2 Å². The van der Waals surface area contributed by atoms with Gasteiger partial charge < -0.3 is 14.4 Å². The first kappa shape index (κ1) is 14.1. The molecule has 0 aliphatic heterocycles. The van der Waals surface area contributed by atoms with Crippen LogP contribution in [0.25, 0.3) is 0 Å². The summed E-state index contributed by atoms with van der Waals surface area (Å²) in [5.41, 5.74) is 0.00892. The first-order valence-corrected chi connectivity index (χ1v) is 6.36. The fourth-order valence-corrected chi connectivity index (χ4v) is 2.18. The van der Waals surface area contributed by atoms with Gasteiger partial charge in [0, 0.05) is 25.0 Å². The molecule has 1 heterocycles. The van der Waals surface area contributed by atoms with E-state index in [-0.39, 0.29) is 6.42 Å². The van der Waals surface area contributed by atoms with Crippen molar-refractivity contribution in [3.8, 4) is 5.75 Å². The molecular weight excluding hydrogens is 256 g/mol. The van der Waals surface area contributed by atoms with Crippen LogP contribution in [0.5, 0.6) is 5.75 Å². The Morgan fingerprint density at radius 3 is 2.70 bits per heavy atom. The molecule has 0 unspecified atom stereocenters. The van der Waals surface area contributed by atoms with Crippen molar-refractivity contribution in [3.05, 3.63) is 48.0 Å². The van der Waals surface area contributed by atoms with E-state index in [1.807, 2.05) is 37.7 Å². The molecule has 1 aromatic carbocycles. The van der Waals surface area contributed by atoms with Crippen molar-refractivity contribution >= 4 is 5.97 Å². The van der Waals surface area contributed by atoms with Gasteiger partial charge in [-0.2, -0.15) is 0 Å². The normalized spacial score (nSPS) is 11.3. The minimum absolute atomic E-state index is 0.0627. The lowest BCUT2D eigenvalue weighted by atomic mass is 10.1. The molecule has 0 spiro atoms. The van der Waals surface area contributed by atoms with E-state index in [9.17, 15) is 4.79 Å². The largest absolute Gasteiger partial charge is 0.481 e. The van der Waals surface area contributed by atoms with E-state index in [4.69, 9.17) is 9.84 Å². The highest BCUT2D eigenvalue weighted by molar-refractivity contribution is 5.71. The molecule has 1 N–H and O–H groups in total. The summed E-state index contributed by atoms with van der Waals surface area (Å²) in [6.07, 6.45) is 3.50. The molecule has 2 aromatic rings. The summed E-state index contributed by atoms with van der Waals surface area (Å²) in [6.45, 7) is 3.82. The van der Waals surface area contributed by atoms with E-state index in [0.29, 0.717) is 11.3 Å². The van der Waals surface area contributed by atoms with Gasteiger partial charge in [0.1, 0.15) is 5.75 Å². The van der Waals surface area contributed by atoms with Gasteiger partial charge in [0.2, 0.25) is 0 Å². The topological polar surface area (TPSA) is 64.4 Å². The number of imidazole rings is 1. The van der Waals surface area contributed by atoms with Gasteiger partial charge in [0.05, 0.1) is 6.42 Å². The van der Waals surface area contributed by atoms with Gasteiger partial charge in [-0.1, -0.05) is 18.2 Å². The summed E-state index contributed by atoms with van der Waals surface area (Å²) < 4.78 is 7.90. The van der Waals surface area contributed by atoms with Crippen LogP contribution in [0.15, 0.2) is 36.7 Å². The van der Waals surface area contributed by atoms with Crippen molar-refractivity contribution in [1.82, 2.24) is 9.55 Å². The molecule has 5 heteroatoms. The molecule has 0 bridgehead atoms. The number of ether oxygens (including phenoxy) is 1. The number of carboxylic acids is 1. The van der Waals surface area contributed by atoms with Crippen LogP contribution in [-0.4, -0.2) is 20.6 Å². The van der Waals surface area contributed by atoms with Crippen molar-refractivity contribution in [2.45, 2.75) is 25.9 Å². The smallest absolute Gasteiger partial charge is 0.307 e. The van der Waals surface area contributed by atoms with Gasteiger partial charge in [-0.05, 0) is 19.9 Å². The zero-order valence-electron chi connectivity index (χ0n) is 11.8. The third-order valence-electron chi connectivity index (χ3n) is 3.04. The fraction of sp³-hybridized carbons (Fsp3) is 0.333. The average molecular weight is 274 g/mol. The number of carbonyl (C=O) groups is 1. The monoisotopic (exact) mass is 274 g/mol. The lowest BCUT2D eigenvalue weighted by Gasteiger charge is -2.27. The maximum atomic E-state index is 10.9. The number of hydrogen-bond acceptors (Lipinski definition) is 3. The number of aliphatic carboxylic acids is 1. The van der Waals surface area contributed by atoms with Crippen LogP contribution < -0.4 is 4.74 Å². The predicted octanol–water partition coefficient (Wildman–Crippen LogP) is 2.36. The lowest BCUT2D eigenvalue weighted by Crippen LogP contribution is -2.29. The standard InChI is InChI=1S/C15H18N2O3/c1-15(2,14-16-8-9-17(14)3)20-12-7-5-4-6-11(12)10-13(18)19/h4-9H,10H2,1-3H3,(H,18,19). The van der Waals surface area contributed by atoms with Crippen molar-refractivity contribution in [3.63, 3.8) is 0 Å². The van der Waals surface area contributed by atoms with Gasteiger partial charge in [-0.25, -0.2) is 4.98 Å². The van der Waals surface area contributed by atoms with E-state index in [2.05, 4.69) is 4.98 Å². The number of carboxylic acid groups (broad SMARTS) is 1. The number of benzene rings is 1.